The van der Waals surface area contributed by atoms with Crippen molar-refractivity contribution in [3.8, 4) is 0 Å². The van der Waals surface area contributed by atoms with E-state index < -0.39 is 0 Å². The molecule has 2 heterocycles. The number of piperidine rings is 1. The van der Waals surface area contributed by atoms with E-state index in [1.54, 1.807) is 0 Å². The van der Waals surface area contributed by atoms with E-state index in [4.69, 9.17) is 10.5 Å². The molecule has 3 nitrogen and oxygen atoms in total. The number of nitrogens with two attached hydrogens (primary N) is 1. The van der Waals surface area contributed by atoms with Gasteiger partial charge in [0.1, 0.15) is 0 Å². The summed E-state index contributed by atoms with van der Waals surface area (Å²) < 4.78 is 5.37. The minimum absolute atomic E-state index is 0.372. The highest BCUT2D eigenvalue weighted by Gasteiger charge is 2.30. The molecule has 0 saturated carbocycles. The van der Waals surface area contributed by atoms with Gasteiger partial charge >= 0.3 is 0 Å². The normalized spacial score (nSPS) is 37.6. The van der Waals surface area contributed by atoms with E-state index in [1.807, 2.05) is 0 Å². The Bertz CT molecular complexity index is 157. The molecule has 2 rings (SSSR count). The predicted octanol–water partition coefficient (Wildman–Crippen LogP) is 0.350. The number of hydrogen-bond donors (Lipinski definition) is 2. The lowest BCUT2D eigenvalue weighted by atomic mass is 9.78. The average Bonchev–Trinajstić information content (AvgIpc) is 2.20. The molecule has 2 atom stereocenters. The zero-order valence-electron chi connectivity index (χ0n) is 8.17. The molecule has 0 bridgehead atoms. The lowest BCUT2D eigenvalue weighted by molar-refractivity contribution is 0.0363. The predicted molar refractivity (Wildman–Crippen MR) is 52.5 cm³/mol. The Morgan fingerprint density at radius 3 is 2.62 bits per heavy atom. The summed E-state index contributed by atoms with van der Waals surface area (Å²) in [6, 6.07) is 0.372. The Labute approximate surface area is 80.0 Å². The Kier molecular flexibility index (Phi) is 3.19. The molecule has 0 aromatic heterocycles. The average molecular weight is 184 g/mol. The van der Waals surface area contributed by atoms with Crippen LogP contribution in [-0.2, 0) is 4.74 Å². The molecule has 2 aliphatic heterocycles. The van der Waals surface area contributed by atoms with Gasteiger partial charge in [-0.1, -0.05) is 0 Å². The Hall–Kier alpha value is -0.120. The van der Waals surface area contributed by atoms with E-state index in [1.165, 1.54) is 19.3 Å². The maximum atomic E-state index is 6.11. The van der Waals surface area contributed by atoms with Crippen molar-refractivity contribution >= 4 is 0 Å². The minimum Gasteiger partial charge on any atom is -0.381 e. The van der Waals surface area contributed by atoms with Crippen molar-refractivity contribution in [3.63, 3.8) is 0 Å². The zero-order chi connectivity index (χ0) is 9.10. The maximum Gasteiger partial charge on any atom is 0.0468 e. The highest BCUT2D eigenvalue weighted by molar-refractivity contribution is 4.86. The summed E-state index contributed by atoms with van der Waals surface area (Å²) in [6.45, 7) is 4.04. The number of rotatable bonds is 1. The molecular weight excluding hydrogens is 164 g/mol. The Morgan fingerprint density at radius 2 is 1.92 bits per heavy atom. The fourth-order valence-corrected chi connectivity index (χ4v) is 2.63. The van der Waals surface area contributed by atoms with Crippen LogP contribution in [0, 0.1) is 11.8 Å². The van der Waals surface area contributed by atoms with Crippen molar-refractivity contribution in [1.29, 1.82) is 0 Å². The van der Waals surface area contributed by atoms with Crippen LogP contribution >= 0.6 is 0 Å². The van der Waals surface area contributed by atoms with E-state index >= 15 is 0 Å². The highest BCUT2D eigenvalue weighted by atomic mass is 16.5. The van der Waals surface area contributed by atoms with Crippen LogP contribution in [-0.4, -0.2) is 32.3 Å². The smallest absolute Gasteiger partial charge is 0.0468 e. The summed E-state index contributed by atoms with van der Waals surface area (Å²) in [5.41, 5.74) is 6.11. The summed E-state index contributed by atoms with van der Waals surface area (Å²) >= 11 is 0. The first kappa shape index (κ1) is 9.44. The molecule has 0 radical (unpaired) electrons. The molecule has 2 fully saturated rings. The van der Waals surface area contributed by atoms with Crippen molar-refractivity contribution in [3.05, 3.63) is 0 Å². The van der Waals surface area contributed by atoms with Crippen LogP contribution in [0.15, 0.2) is 0 Å². The molecular formula is C10H20N2O. The molecule has 2 saturated heterocycles. The molecule has 3 N–H and O–H groups in total. The van der Waals surface area contributed by atoms with Crippen molar-refractivity contribution in [2.45, 2.75) is 25.3 Å². The van der Waals surface area contributed by atoms with Gasteiger partial charge in [-0.2, -0.15) is 0 Å². The van der Waals surface area contributed by atoms with E-state index in [9.17, 15) is 0 Å². The second-order valence-corrected chi connectivity index (χ2v) is 4.27. The van der Waals surface area contributed by atoms with E-state index in [2.05, 4.69) is 5.32 Å². The number of nitrogens with one attached hydrogen (secondary N) is 1. The van der Waals surface area contributed by atoms with Gasteiger partial charge in [0.05, 0.1) is 0 Å². The van der Waals surface area contributed by atoms with Crippen LogP contribution in [0.1, 0.15) is 19.3 Å². The third-order valence-electron chi connectivity index (χ3n) is 3.46. The number of hydrogen-bond acceptors (Lipinski definition) is 3. The molecule has 0 aliphatic carbocycles. The second kappa shape index (κ2) is 4.40. The third-order valence-corrected chi connectivity index (χ3v) is 3.46. The molecule has 76 valence electrons. The molecule has 2 unspecified atom stereocenters. The van der Waals surface area contributed by atoms with Crippen LogP contribution in [0.4, 0.5) is 0 Å². The van der Waals surface area contributed by atoms with Crippen molar-refractivity contribution in [2.75, 3.05) is 26.3 Å². The summed E-state index contributed by atoms with van der Waals surface area (Å²) in [7, 11) is 0. The SMILES string of the molecule is NC1CNCCC1C1CCOCC1. The van der Waals surface area contributed by atoms with E-state index in [0.29, 0.717) is 6.04 Å². The fraction of sp³-hybridized carbons (Fsp3) is 1.00. The summed E-state index contributed by atoms with van der Waals surface area (Å²) in [6.07, 6.45) is 3.70. The first-order chi connectivity index (χ1) is 6.38. The van der Waals surface area contributed by atoms with E-state index in [0.717, 1.165) is 38.1 Å². The third kappa shape index (κ3) is 2.22. The van der Waals surface area contributed by atoms with Crippen molar-refractivity contribution in [2.24, 2.45) is 17.6 Å². The zero-order valence-corrected chi connectivity index (χ0v) is 8.17. The van der Waals surface area contributed by atoms with Gasteiger partial charge in [0.15, 0.2) is 0 Å². The Morgan fingerprint density at radius 1 is 1.15 bits per heavy atom. The van der Waals surface area contributed by atoms with E-state index in [-0.39, 0.29) is 0 Å². The van der Waals surface area contributed by atoms with Gasteiger partial charge in [0.25, 0.3) is 0 Å². The molecule has 0 spiro atoms. The van der Waals surface area contributed by atoms with Gasteiger partial charge in [-0.15, -0.1) is 0 Å². The fourth-order valence-electron chi connectivity index (χ4n) is 2.63. The van der Waals surface area contributed by atoms with Crippen molar-refractivity contribution in [1.82, 2.24) is 5.32 Å². The Balaban J connectivity index is 1.88. The van der Waals surface area contributed by atoms with Gasteiger partial charge in [0, 0.05) is 25.8 Å². The van der Waals surface area contributed by atoms with Gasteiger partial charge in [-0.05, 0) is 37.6 Å². The topological polar surface area (TPSA) is 47.3 Å². The monoisotopic (exact) mass is 184 g/mol. The quantitative estimate of drug-likeness (QED) is 0.618. The van der Waals surface area contributed by atoms with Crippen LogP contribution in [0.5, 0.6) is 0 Å². The van der Waals surface area contributed by atoms with Crippen LogP contribution in [0.3, 0.4) is 0 Å². The highest BCUT2D eigenvalue weighted by Crippen LogP contribution is 2.29. The molecule has 2 aliphatic rings. The molecule has 0 aromatic rings. The molecule has 3 heteroatoms. The lowest BCUT2D eigenvalue weighted by Crippen LogP contribution is -2.49. The summed E-state index contributed by atoms with van der Waals surface area (Å²) in [5, 5.41) is 3.35. The first-order valence-corrected chi connectivity index (χ1v) is 5.42. The first-order valence-electron chi connectivity index (χ1n) is 5.42. The molecule has 13 heavy (non-hydrogen) atoms. The van der Waals surface area contributed by atoms with Crippen LogP contribution in [0.2, 0.25) is 0 Å². The van der Waals surface area contributed by atoms with Gasteiger partial charge in [0.2, 0.25) is 0 Å². The standard InChI is InChI=1S/C10H20N2O/c11-10-7-12-4-1-9(10)8-2-5-13-6-3-8/h8-10,12H,1-7,11H2. The summed E-state index contributed by atoms with van der Waals surface area (Å²) in [5.74, 6) is 1.57. The minimum atomic E-state index is 0.372. The lowest BCUT2D eigenvalue weighted by Gasteiger charge is -2.37. The number of ether oxygens (including phenoxy) is 1. The van der Waals surface area contributed by atoms with Crippen LogP contribution in [0.25, 0.3) is 0 Å². The second-order valence-electron chi connectivity index (χ2n) is 4.27. The van der Waals surface area contributed by atoms with Crippen LogP contribution < -0.4 is 11.1 Å². The molecule has 0 aromatic carbocycles. The van der Waals surface area contributed by atoms with Gasteiger partial charge in [-0.25, -0.2) is 0 Å². The molecule has 0 amide bonds. The maximum absolute atomic E-state index is 6.11. The summed E-state index contributed by atoms with van der Waals surface area (Å²) in [4.78, 5) is 0. The van der Waals surface area contributed by atoms with Gasteiger partial charge in [-0.3, -0.25) is 0 Å². The van der Waals surface area contributed by atoms with Gasteiger partial charge < -0.3 is 15.8 Å². The largest absolute Gasteiger partial charge is 0.381 e. The van der Waals surface area contributed by atoms with Crippen molar-refractivity contribution < 1.29 is 4.74 Å².